The maximum absolute atomic E-state index is 12.5. The van der Waals surface area contributed by atoms with Gasteiger partial charge in [-0.1, -0.05) is 32.9 Å². The summed E-state index contributed by atoms with van der Waals surface area (Å²) in [6, 6.07) is 17.2. The number of rotatable bonds is 5. The van der Waals surface area contributed by atoms with E-state index < -0.39 is 11.8 Å². The molecule has 1 heterocycles. The molecule has 7 nitrogen and oxygen atoms in total. The second-order valence-corrected chi connectivity index (χ2v) is 8.15. The molecule has 0 fully saturated rings. The van der Waals surface area contributed by atoms with E-state index in [2.05, 4.69) is 36.9 Å². The van der Waals surface area contributed by atoms with Crippen LogP contribution in [-0.4, -0.2) is 17.7 Å². The second-order valence-electron chi connectivity index (χ2n) is 8.15. The molecule has 3 aromatic rings. The predicted octanol–water partition coefficient (Wildman–Crippen LogP) is 4.30. The Hall–Kier alpha value is -4.13. The molecule has 0 atom stereocenters. The highest BCUT2D eigenvalue weighted by Gasteiger charge is 2.14. The molecule has 3 rings (SSSR count). The Labute approximate surface area is 186 Å². The molecule has 0 radical (unpaired) electrons. The van der Waals surface area contributed by atoms with Gasteiger partial charge in [0.2, 0.25) is 0 Å². The summed E-state index contributed by atoms with van der Waals surface area (Å²) in [5.41, 5.74) is 7.20. The number of carbonyl (C=O) groups excluding carboxylic acids is 3. The summed E-state index contributed by atoms with van der Waals surface area (Å²) >= 11 is 0. The van der Waals surface area contributed by atoms with Crippen molar-refractivity contribution in [2.75, 3.05) is 5.32 Å². The fourth-order valence-corrected chi connectivity index (χ4v) is 2.81. The molecule has 0 unspecified atom stereocenters. The Kier molecular flexibility index (Phi) is 6.90. The van der Waals surface area contributed by atoms with Crippen LogP contribution in [0.4, 0.5) is 5.69 Å². The number of benzene rings is 2. The van der Waals surface area contributed by atoms with E-state index in [1.54, 1.807) is 48.5 Å². The molecule has 0 saturated heterocycles. The zero-order valence-corrected chi connectivity index (χ0v) is 18.1. The molecule has 3 N–H and O–H groups in total. The summed E-state index contributed by atoms with van der Waals surface area (Å²) in [6.07, 6.45) is 4.22. The number of anilines is 1. The highest BCUT2D eigenvalue weighted by molar-refractivity contribution is 6.04. The van der Waals surface area contributed by atoms with Gasteiger partial charge in [-0.2, -0.15) is 0 Å². The predicted molar refractivity (Wildman–Crippen MR) is 123 cm³/mol. The topological polar surface area (TPSA) is 100 Å². The van der Waals surface area contributed by atoms with Crippen molar-refractivity contribution < 1.29 is 18.8 Å². The highest BCUT2D eigenvalue weighted by atomic mass is 16.3. The third kappa shape index (κ3) is 6.18. The Morgan fingerprint density at radius 2 is 1.44 bits per heavy atom. The Balaban J connectivity index is 1.52. The van der Waals surface area contributed by atoms with Crippen LogP contribution in [0.15, 0.2) is 77.4 Å². The fourth-order valence-electron chi connectivity index (χ4n) is 2.81. The van der Waals surface area contributed by atoms with Crippen LogP contribution >= 0.6 is 0 Å². The summed E-state index contributed by atoms with van der Waals surface area (Å²) in [5, 5.41) is 2.80. The van der Waals surface area contributed by atoms with Crippen molar-refractivity contribution in [3.63, 3.8) is 0 Å². The van der Waals surface area contributed by atoms with Crippen LogP contribution in [0.3, 0.4) is 0 Å². The first kappa shape index (κ1) is 22.6. The molecule has 2 aromatic carbocycles. The summed E-state index contributed by atoms with van der Waals surface area (Å²) < 4.78 is 5.08. The number of hydrogen-bond donors (Lipinski definition) is 3. The van der Waals surface area contributed by atoms with Gasteiger partial charge >= 0.3 is 0 Å². The minimum Gasteiger partial charge on any atom is -0.465 e. The number of amides is 3. The number of furan rings is 1. The zero-order chi connectivity index (χ0) is 23.1. The van der Waals surface area contributed by atoms with Crippen molar-refractivity contribution >= 4 is 29.5 Å². The number of hydrazine groups is 1. The monoisotopic (exact) mass is 431 g/mol. The molecule has 0 aliphatic rings. The molecule has 0 aliphatic carbocycles. The van der Waals surface area contributed by atoms with Crippen LogP contribution in [0.5, 0.6) is 0 Å². The molecule has 164 valence electrons. The molecular formula is C25H25N3O4. The lowest BCUT2D eigenvalue weighted by Crippen LogP contribution is -2.40. The Morgan fingerprint density at radius 3 is 2.03 bits per heavy atom. The van der Waals surface area contributed by atoms with Gasteiger partial charge in [-0.25, -0.2) is 0 Å². The van der Waals surface area contributed by atoms with Crippen molar-refractivity contribution in [1.29, 1.82) is 0 Å². The van der Waals surface area contributed by atoms with Crippen LogP contribution < -0.4 is 16.2 Å². The van der Waals surface area contributed by atoms with E-state index in [9.17, 15) is 14.4 Å². The van der Waals surface area contributed by atoms with Gasteiger partial charge in [0.25, 0.3) is 17.7 Å². The van der Waals surface area contributed by atoms with Crippen molar-refractivity contribution in [3.05, 3.63) is 95.5 Å². The zero-order valence-electron chi connectivity index (χ0n) is 18.1. The lowest BCUT2D eigenvalue weighted by molar-refractivity contribution is -0.117. The summed E-state index contributed by atoms with van der Waals surface area (Å²) in [6.45, 7) is 6.34. The Bertz CT molecular complexity index is 1110. The number of hydrogen-bond acceptors (Lipinski definition) is 4. The van der Waals surface area contributed by atoms with Crippen LogP contribution in [-0.2, 0) is 10.2 Å². The molecule has 0 spiro atoms. The largest absolute Gasteiger partial charge is 0.465 e. The van der Waals surface area contributed by atoms with Crippen molar-refractivity contribution in [3.8, 4) is 0 Å². The average Bonchev–Trinajstić information content (AvgIpc) is 3.30. The van der Waals surface area contributed by atoms with Crippen molar-refractivity contribution in [1.82, 2.24) is 10.9 Å². The summed E-state index contributed by atoms with van der Waals surface area (Å²) in [4.78, 5) is 36.4. The van der Waals surface area contributed by atoms with Crippen molar-refractivity contribution in [2.45, 2.75) is 26.2 Å². The van der Waals surface area contributed by atoms with Gasteiger partial charge in [0, 0.05) is 22.9 Å². The Morgan fingerprint density at radius 1 is 0.812 bits per heavy atom. The second kappa shape index (κ2) is 9.78. The maximum atomic E-state index is 12.5. The minimum absolute atomic E-state index is 0.0145. The van der Waals surface area contributed by atoms with E-state index in [1.807, 2.05) is 12.1 Å². The molecule has 1 aromatic heterocycles. The third-order valence-corrected chi connectivity index (χ3v) is 4.66. The van der Waals surface area contributed by atoms with E-state index in [0.717, 1.165) is 5.56 Å². The van der Waals surface area contributed by atoms with Crippen LogP contribution in [0.1, 0.15) is 52.8 Å². The third-order valence-electron chi connectivity index (χ3n) is 4.66. The molecule has 32 heavy (non-hydrogen) atoms. The van der Waals surface area contributed by atoms with Gasteiger partial charge in [-0.15, -0.1) is 0 Å². The van der Waals surface area contributed by atoms with Crippen molar-refractivity contribution in [2.24, 2.45) is 0 Å². The first-order valence-corrected chi connectivity index (χ1v) is 10.1. The first-order chi connectivity index (χ1) is 15.2. The quantitative estimate of drug-likeness (QED) is 0.414. The van der Waals surface area contributed by atoms with E-state index in [-0.39, 0.29) is 11.3 Å². The summed E-state index contributed by atoms with van der Waals surface area (Å²) in [5.74, 6) is -0.705. The van der Waals surface area contributed by atoms with Crippen LogP contribution in [0.25, 0.3) is 6.08 Å². The molecule has 0 bridgehead atoms. The van der Waals surface area contributed by atoms with Gasteiger partial charge in [0.1, 0.15) is 5.76 Å². The first-order valence-electron chi connectivity index (χ1n) is 10.1. The fraction of sp³-hybridized carbons (Fsp3) is 0.160. The normalized spacial score (nSPS) is 11.2. The van der Waals surface area contributed by atoms with Gasteiger partial charge in [-0.3, -0.25) is 25.2 Å². The summed E-state index contributed by atoms with van der Waals surface area (Å²) in [7, 11) is 0. The molecule has 0 aliphatic heterocycles. The highest BCUT2D eigenvalue weighted by Crippen LogP contribution is 2.22. The van der Waals surface area contributed by atoms with Gasteiger partial charge in [-0.05, 0) is 65.6 Å². The van der Waals surface area contributed by atoms with E-state index >= 15 is 0 Å². The number of carbonyl (C=O) groups is 3. The minimum atomic E-state index is -0.504. The number of nitrogens with one attached hydrogen (secondary N) is 3. The molecule has 0 saturated carbocycles. The van der Waals surface area contributed by atoms with E-state index in [1.165, 1.54) is 18.4 Å². The van der Waals surface area contributed by atoms with E-state index in [4.69, 9.17) is 4.42 Å². The van der Waals surface area contributed by atoms with Gasteiger partial charge < -0.3 is 9.73 Å². The lowest BCUT2D eigenvalue weighted by atomic mass is 9.87. The lowest BCUT2D eigenvalue weighted by Gasteiger charge is -2.19. The van der Waals surface area contributed by atoms with Gasteiger partial charge in [0.15, 0.2) is 0 Å². The molecule has 7 heteroatoms. The molecule has 3 amide bonds. The van der Waals surface area contributed by atoms with Crippen LogP contribution in [0, 0.1) is 0 Å². The smallest absolute Gasteiger partial charge is 0.269 e. The SMILES string of the molecule is CC(C)(C)c1ccc(C(=O)Nc2ccc(C(=O)NNC(=O)C=Cc3ccco3)cc2)cc1. The standard InChI is InChI=1S/C25H25N3O4/c1-25(2,3)19-10-6-17(7-11-19)23(30)26-20-12-8-18(9-13-20)24(31)28-27-22(29)15-14-21-5-4-16-32-21/h4-16H,1-3H3,(H,26,30)(H,27,29)(H,28,31). The van der Waals surface area contributed by atoms with Gasteiger partial charge in [0.05, 0.1) is 6.26 Å². The van der Waals surface area contributed by atoms with E-state index in [0.29, 0.717) is 22.6 Å². The maximum Gasteiger partial charge on any atom is 0.269 e. The average molecular weight is 431 g/mol. The van der Waals surface area contributed by atoms with Crippen LogP contribution in [0.2, 0.25) is 0 Å². The molecular weight excluding hydrogens is 406 g/mol.